The Bertz CT molecular complexity index is 782. The minimum Gasteiger partial charge on any atom is -0.468 e. The molecule has 0 unspecified atom stereocenters. The molecule has 0 aliphatic carbocycles. The number of sulfonamides is 1. The van der Waals surface area contributed by atoms with Gasteiger partial charge < -0.3 is 15.5 Å². The van der Waals surface area contributed by atoms with Gasteiger partial charge in [-0.05, 0) is 36.4 Å². The maximum Gasteiger partial charge on any atom is 0.251 e. The number of rotatable bonds is 7. The van der Waals surface area contributed by atoms with E-state index in [-0.39, 0.29) is 23.5 Å². The van der Waals surface area contributed by atoms with Crippen LogP contribution in [-0.4, -0.2) is 26.8 Å². The van der Waals surface area contributed by atoms with Crippen molar-refractivity contribution >= 4 is 21.8 Å². The molecule has 23 heavy (non-hydrogen) atoms. The molecule has 0 saturated heterocycles. The minimum absolute atomic E-state index is 0.00973. The summed E-state index contributed by atoms with van der Waals surface area (Å²) in [6.45, 7) is -0.264. The van der Waals surface area contributed by atoms with Gasteiger partial charge in [-0.15, -0.1) is 0 Å². The molecule has 2 amide bonds. The van der Waals surface area contributed by atoms with Gasteiger partial charge in [0.2, 0.25) is 15.9 Å². The van der Waals surface area contributed by atoms with Crippen LogP contribution in [0.15, 0.2) is 52.0 Å². The molecule has 1 aromatic carbocycles. The molecule has 2 rings (SSSR count). The Morgan fingerprint density at radius 3 is 2.39 bits per heavy atom. The third kappa shape index (κ3) is 4.66. The summed E-state index contributed by atoms with van der Waals surface area (Å²) < 4.78 is 31.6. The Morgan fingerprint density at radius 2 is 1.83 bits per heavy atom. The monoisotopic (exact) mass is 337 g/mol. The van der Waals surface area contributed by atoms with Crippen molar-refractivity contribution < 1.29 is 22.4 Å². The lowest BCUT2D eigenvalue weighted by Gasteiger charge is -2.07. The molecule has 0 fully saturated rings. The normalized spacial score (nSPS) is 11.1. The van der Waals surface area contributed by atoms with Gasteiger partial charge in [0.05, 0.1) is 24.2 Å². The first-order valence-corrected chi connectivity index (χ1v) is 8.05. The largest absolute Gasteiger partial charge is 0.468 e. The van der Waals surface area contributed by atoms with Gasteiger partial charge in [0.1, 0.15) is 5.76 Å². The van der Waals surface area contributed by atoms with Crippen molar-refractivity contribution in [2.75, 3.05) is 6.54 Å². The first-order valence-electron chi connectivity index (χ1n) is 6.57. The van der Waals surface area contributed by atoms with E-state index in [1.165, 1.54) is 30.5 Å². The Hall–Kier alpha value is -2.65. The van der Waals surface area contributed by atoms with Crippen molar-refractivity contribution in [2.24, 2.45) is 5.73 Å². The Balaban J connectivity index is 2.02. The van der Waals surface area contributed by atoms with E-state index in [1.807, 2.05) is 0 Å². The van der Waals surface area contributed by atoms with Crippen LogP contribution >= 0.6 is 0 Å². The number of carbonyl (C=O) groups is 2. The summed E-state index contributed by atoms with van der Waals surface area (Å²) in [5, 5.41) is 2.31. The van der Waals surface area contributed by atoms with Crippen molar-refractivity contribution in [2.45, 2.75) is 11.4 Å². The number of hydrogen-bond donors (Lipinski definition) is 3. The predicted octanol–water partition coefficient (Wildman–Crippen LogP) is -0.0268. The lowest BCUT2D eigenvalue weighted by molar-refractivity contribution is -0.117. The van der Waals surface area contributed by atoms with Gasteiger partial charge in [0.15, 0.2) is 0 Å². The third-order valence-electron chi connectivity index (χ3n) is 2.87. The standard InChI is InChI=1S/C14H15N3O5S/c15-13(18)9-16-14(19)10-3-5-12(6-4-10)23(20,21)17-8-11-2-1-7-22-11/h1-7,17H,8-9H2,(H2,15,18)(H,16,19). The summed E-state index contributed by atoms with van der Waals surface area (Å²) in [7, 11) is -3.72. The fraction of sp³-hybridized carbons (Fsp3) is 0.143. The quantitative estimate of drug-likeness (QED) is 0.653. The molecule has 1 heterocycles. The molecule has 122 valence electrons. The summed E-state index contributed by atoms with van der Waals surface area (Å²) in [5.41, 5.74) is 5.14. The number of furan rings is 1. The third-order valence-corrected chi connectivity index (χ3v) is 4.28. The number of benzene rings is 1. The van der Waals surface area contributed by atoms with E-state index in [1.54, 1.807) is 12.1 Å². The van der Waals surface area contributed by atoms with Crippen LogP contribution < -0.4 is 15.8 Å². The van der Waals surface area contributed by atoms with Crippen LogP contribution in [0.25, 0.3) is 0 Å². The molecule has 1 aromatic heterocycles. The molecular weight excluding hydrogens is 322 g/mol. The number of carbonyl (C=O) groups excluding carboxylic acids is 2. The van der Waals surface area contributed by atoms with Crippen LogP contribution in [0.1, 0.15) is 16.1 Å². The van der Waals surface area contributed by atoms with Crippen LogP contribution in [-0.2, 0) is 21.4 Å². The first kappa shape index (κ1) is 16.7. The Morgan fingerprint density at radius 1 is 1.13 bits per heavy atom. The van der Waals surface area contributed by atoms with Crippen LogP contribution in [0.4, 0.5) is 0 Å². The van der Waals surface area contributed by atoms with Crippen LogP contribution in [0.5, 0.6) is 0 Å². The Kier molecular flexibility index (Phi) is 5.14. The molecule has 9 heteroatoms. The number of hydrogen-bond acceptors (Lipinski definition) is 5. The van der Waals surface area contributed by atoms with E-state index >= 15 is 0 Å². The second-order valence-electron chi connectivity index (χ2n) is 4.58. The van der Waals surface area contributed by atoms with Crippen molar-refractivity contribution in [3.63, 3.8) is 0 Å². The second-order valence-corrected chi connectivity index (χ2v) is 6.34. The summed E-state index contributed by atoms with van der Waals surface area (Å²) in [5.74, 6) is -0.702. The van der Waals surface area contributed by atoms with Crippen molar-refractivity contribution in [3.05, 3.63) is 54.0 Å². The van der Waals surface area contributed by atoms with Gasteiger partial charge in [0.25, 0.3) is 5.91 Å². The smallest absolute Gasteiger partial charge is 0.251 e. The lowest BCUT2D eigenvalue weighted by atomic mass is 10.2. The van der Waals surface area contributed by atoms with Gasteiger partial charge in [-0.3, -0.25) is 9.59 Å². The molecule has 0 aliphatic rings. The maximum atomic E-state index is 12.1. The van der Waals surface area contributed by atoms with Gasteiger partial charge in [-0.1, -0.05) is 0 Å². The van der Waals surface area contributed by atoms with Gasteiger partial charge in [-0.25, -0.2) is 13.1 Å². The van der Waals surface area contributed by atoms with Crippen LogP contribution in [0.3, 0.4) is 0 Å². The second kappa shape index (κ2) is 7.07. The van der Waals surface area contributed by atoms with E-state index < -0.39 is 21.8 Å². The SMILES string of the molecule is NC(=O)CNC(=O)c1ccc(S(=O)(=O)NCc2ccco2)cc1. The highest BCUT2D eigenvalue weighted by atomic mass is 32.2. The molecular formula is C14H15N3O5S. The molecule has 0 saturated carbocycles. The summed E-state index contributed by atoms with van der Waals surface area (Å²) in [4.78, 5) is 22.3. The van der Waals surface area contributed by atoms with Gasteiger partial charge >= 0.3 is 0 Å². The number of nitrogens with one attached hydrogen (secondary N) is 2. The molecule has 0 atom stereocenters. The Labute approximate surface area is 132 Å². The van der Waals surface area contributed by atoms with Crippen molar-refractivity contribution in [3.8, 4) is 0 Å². The molecule has 0 bridgehead atoms. The predicted molar refractivity (Wildman–Crippen MR) is 80.7 cm³/mol. The number of amides is 2. The maximum absolute atomic E-state index is 12.1. The van der Waals surface area contributed by atoms with Crippen molar-refractivity contribution in [1.82, 2.24) is 10.0 Å². The zero-order valence-corrected chi connectivity index (χ0v) is 12.8. The number of primary amides is 1. The van der Waals surface area contributed by atoms with E-state index in [0.29, 0.717) is 5.76 Å². The number of nitrogens with two attached hydrogens (primary N) is 1. The molecule has 0 aliphatic heterocycles. The average Bonchev–Trinajstić information content (AvgIpc) is 3.04. The highest BCUT2D eigenvalue weighted by Crippen LogP contribution is 2.11. The highest BCUT2D eigenvalue weighted by Gasteiger charge is 2.15. The average molecular weight is 337 g/mol. The molecule has 4 N–H and O–H groups in total. The van der Waals surface area contributed by atoms with Crippen LogP contribution in [0, 0.1) is 0 Å². The highest BCUT2D eigenvalue weighted by molar-refractivity contribution is 7.89. The summed E-state index contributed by atoms with van der Waals surface area (Å²) in [6, 6.07) is 8.58. The topological polar surface area (TPSA) is 132 Å². The summed E-state index contributed by atoms with van der Waals surface area (Å²) >= 11 is 0. The molecule has 2 aromatic rings. The minimum atomic E-state index is -3.72. The van der Waals surface area contributed by atoms with E-state index in [4.69, 9.17) is 10.2 Å². The fourth-order valence-electron chi connectivity index (χ4n) is 1.72. The summed E-state index contributed by atoms with van der Waals surface area (Å²) in [6.07, 6.45) is 1.45. The van der Waals surface area contributed by atoms with Crippen LogP contribution in [0.2, 0.25) is 0 Å². The molecule has 0 spiro atoms. The van der Waals surface area contributed by atoms with E-state index in [9.17, 15) is 18.0 Å². The lowest BCUT2D eigenvalue weighted by Crippen LogP contribution is -2.33. The molecule has 0 radical (unpaired) electrons. The van der Waals surface area contributed by atoms with E-state index in [0.717, 1.165) is 0 Å². The zero-order valence-electron chi connectivity index (χ0n) is 12.0. The van der Waals surface area contributed by atoms with Crippen molar-refractivity contribution in [1.29, 1.82) is 0 Å². The first-order chi connectivity index (χ1) is 10.9. The van der Waals surface area contributed by atoms with Gasteiger partial charge in [0, 0.05) is 5.56 Å². The zero-order chi connectivity index (χ0) is 16.9. The fourth-order valence-corrected chi connectivity index (χ4v) is 2.71. The molecule has 8 nitrogen and oxygen atoms in total. The van der Waals surface area contributed by atoms with Gasteiger partial charge in [-0.2, -0.15) is 0 Å². The van der Waals surface area contributed by atoms with E-state index in [2.05, 4.69) is 10.0 Å².